The van der Waals surface area contributed by atoms with Crippen LogP contribution in [0.15, 0.2) is 42.7 Å². The normalized spacial score (nSPS) is 10.5. The minimum absolute atomic E-state index is 0.0557. The molecular formula is C16H9Cl4N5O2. The van der Waals surface area contributed by atoms with Crippen LogP contribution in [0.5, 0.6) is 0 Å². The number of hydrogen-bond acceptors (Lipinski definition) is 6. The zero-order chi connectivity index (χ0) is 19.6. The summed E-state index contributed by atoms with van der Waals surface area (Å²) in [6.45, 7) is 0. The molecule has 2 aromatic carbocycles. The van der Waals surface area contributed by atoms with Gasteiger partial charge in [-0.2, -0.15) is 0 Å². The topological polar surface area (TPSA) is 93.0 Å². The summed E-state index contributed by atoms with van der Waals surface area (Å²) in [6, 6.07) is 9.53. The van der Waals surface area contributed by atoms with Crippen LogP contribution in [-0.4, -0.2) is 14.9 Å². The first-order valence-electron chi connectivity index (χ1n) is 7.29. The number of aromatic nitrogens is 2. The molecule has 138 valence electrons. The van der Waals surface area contributed by atoms with Crippen molar-refractivity contribution >= 4 is 75.1 Å². The van der Waals surface area contributed by atoms with Gasteiger partial charge in [0.15, 0.2) is 0 Å². The quantitative estimate of drug-likeness (QED) is 0.345. The molecular weight excluding hydrogens is 436 g/mol. The summed E-state index contributed by atoms with van der Waals surface area (Å²) in [7, 11) is 0. The van der Waals surface area contributed by atoms with Crippen molar-refractivity contribution in [1.82, 2.24) is 9.97 Å². The van der Waals surface area contributed by atoms with E-state index >= 15 is 0 Å². The molecule has 27 heavy (non-hydrogen) atoms. The third kappa shape index (κ3) is 4.33. The van der Waals surface area contributed by atoms with Crippen molar-refractivity contribution in [3.63, 3.8) is 0 Å². The van der Waals surface area contributed by atoms with Crippen LogP contribution in [0.4, 0.5) is 28.7 Å². The van der Waals surface area contributed by atoms with E-state index in [0.29, 0.717) is 21.4 Å². The van der Waals surface area contributed by atoms with Crippen molar-refractivity contribution in [3.8, 4) is 0 Å². The standard InChI is InChI=1S/C16H9Cl4N5O2/c17-8-4-5-11(10(19)6-8)23-15-14(25(26)27)16(22-7-21-15)24-12-3-1-2-9(18)13(12)20/h1-7H,(H2,21,22,23,24). The van der Waals surface area contributed by atoms with Crippen molar-refractivity contribution in [1.29, 1.82) is 0 Å². The van der Waals surface area contributed by atoms with Gasteiger partial charge in [0.05, 0.1) is 31.4 Å². The summed E-state index contributed by atoms with van der Waals surface area (Å²) >= 11 is 24.1. The summed E-state index contributed by atoms with van der Waals surface area (Å²) in [5.41, 5.74) is 0.371. The Balaban J connectivity index is 2.02. The molecule has 11 heteroatoms. The van der Waals surface area contributed by atoms with E-state index in [0.717, 1.165) is 0 Å². The molecule has 0 radical (unpaired) electrons. The molecule has 0 fully saturated rings. The number of nitrogens with zero attached hydrogens (tertiary/aromatic N) is 3. The van der Waals surface area contributed by atoms with E-state index in [4.69, 9.17) is 46.4 Å². The highest BCUT2D eigenvalue weighted by Gasteiger charge is 2.24. The minimum atomic E-state index is -0.618. The lowest BCUT2D eigenvalue weighted by Crippen LogP contribution is -2.06. The molecule has 0 aliphatic heterocycles. The molecule has 1 aromatic heterocycles. The molecule has 0 spiro atoms. The summed E-state index contributed by atoms with van der Waals surface area (Å²) < 4.78 is 0. The van der Waals surface area contributed by atoms with Crippen LogP contribution in [0.2, 0.25) is 20.1 Å². The molecule has 0 saturated carbocycles. The van der Waals surface area contributed by atoms with Crippen LogP contribution in [0.1, 0.15) is 0 Å². The number of rotatable bonds is 5. The van der Waals surface area contributed by atoms with Gasteiger partial charge in [-0.25, -0.2) is 9.97 Å². The van der Waals surface area contributed by atoms with Gasteiger partial charge in [0, 0.05) is 5.02 Å². The second-order valence-electron chi connectivity index (χ2n) is 5.15. The maximum Gasteiger partial charge on any atom is 0.353 e. The van der Waals surface area contributed by atoms with Crippen molar-refractivity contribution in [2.24, 2.45) is 0 Å². The number of hydrogen-bond donors (Lipinski definition) is 2. The lowest BCUT2D eigenvalue weighted by molar-refractivity contribution is -0.383. The summed E-state index contributed by atoms with van der Waals surface area (Å²) in [5, 5.41) is 18.5. The average Bonchev–Trinajstić information content (AvgIpc) is 2.61. The van der Waals surface area contributed by atoms with E-state index < -0.39 is 4.92 Å². The molecule has 0 amide bonds. The Labute approximate surface area is 173 Å². The fourth-order valence-electron chi connectivity index (χ4n) is 2.18. The Morgan fingerprint density at radius 1 is 0.889 bits per heavy atom. The Bertz CT molecular complexity index is 1030. The highest BCUT2D eigenvalue weighted by molar-refractivity contribution is 6.43. The van der Waals surface area contributed by atoms with Crippen molar-refractivity contribution in [3.05, 3.63) is 72.9 Å². The van der Waals surface area contributed by atoms with Crippen LogP contribution in [0.3, 0.4) is 0 Å². The van der Waals surface area contributed by atoms with Crippen LogP contribution < -0.4 is 10.6 Å². The van der Waals surface area contributed by atoms with Gasteiger partial charge in [0.2, 0.25) is 11.6 Å². The molecule has 0 aliphatic rings. The van der Waals surface area contributed by atoms with Gasteiger partial charge in [-0.1, -0.05) is 52.5 Å². The maximum absolute atomic E-state index is 11.6. The SMILES string of the molecule is O=[N+]([O-])c1c(Nc2ccc(Cl)cc2Cl)ncnc1Nc1cccc(Cl)c1Cl. The third-order valence-electron chi connectivity index (χ3n) is 3.39. The highest BCUT2D eigenvalue weighted by Crippen LogP contribution is 2.37. The van der Waals surface area contributed by atoms with Crippen molar-refractivity contribution in [2.45, 2.75) is 0 Å². The number of halogens is 4. The summed E-state index contributed by atoms with van der Waals surface area (Å²) in [6.07, 6.45) is 1.17. The monoisotopic (exact) mass is 443 g/mol. The Morgan fingerprint density at radius 2 is 1.56 bits per heavy atom. The second-order valence-corrected chi connectivity index (χ2v) is 6.78. The zero-order valence-corrected chi connectivity index (χ0v) is 16.2. The largest absolute Gasteiger partial charge is 0.353 e. The van der Waals surface area contributed by atoms with E-state index in [1.807, 2.05) is 0 Å². The molecule has 7 nitrogen and oxygen atoms in total. The first-order valence-corrected chi connectivity index (χ1v) is 8.80. The predicted molar refractivity (Wildman–Crippen MR) is 108 cm³/mol. The second kappa shape index (κ2) is 8.14. The van der Waals surface area contributed by atoms with E-state index in [1.165, 1.54) is 12.4 Å². The Kier molecular flexibility index (Phi) is 5.86. The van der Waals surface area contributed by atoms with Crippen LogP contribution in [0, 0.1) is 10.1 Å². The van der Waals surface area contributed by atoms with Gasteiger partial charge in [-0.05, 0) is 30.3 Å². The van der Waals surface area contributed by atoms with Crippen molar-refractivity contribution in [2.75, 3.05) is 10.6 Å². The first kappa shape index (κ1) is 19.4. The van der Waals surface area contributed by atoms with Gasteiger partial charge in [-0.15, -0.1) is 0 Å². The first-order chi connectivity index (χ1) is 12.9. The molecule has 0 bridgehead atoms. The lowest BCUT2D eigenvalue weighted by atomic mass is 10.3. The van der Waals surface area contributed by atoms with Crippen LogP contribution in [-0.2, 0) is 0 Å². The van der Waals surface area contributed by atoms with E-state index in [9.17, 15) is 10.1 Å². The lowest BCUT2D eigenvalue weighted by Gasteiger charge is -2.12. The van der Waals surface area contributed by atoms with E-state index in [2.05, 4.69) is 20.6 Å². The molecule has 3 aromatic rings. The van der Waals surface area contributed by atoms with Crippen LogP contribution >= 0.6 is 46.4 Å². The van der Waals surface area contributed by atoms with Crippen LogP contribution in [0.25, 0.3) is 0 Å². The Morgan fingerprint density at radius 3 is 2.19 bits per heavy atom. The molecule has 1 heterocycles. The molecule has 2 N–H and O–H groups in total. The van der Waals surface area contributed by atoms with E-state index in [-0.39, 0.29) is 27.4 Å². The molecule has 0 unspecified atom stereocenters. The molecule has 3 rings (SSSR count). The number of benzene rings is 2. The number of anilines is 4. The predicted octanol–water partition coefficient (Wildman–Crippen LogP) is 6.49. The molecule has 0 aliphatic carbocycles. The average molecular weight is 445 g/mol. The van der Waals surface area contributed by atoms with Crippen molar-refractivity contribution < 1.29 is 4.92 Å². The fraction of sp³-hybridized carbons (Fsp3) is 0. The third-order valence-corrected chi connectivity index (χ3v) is 4.76. The summed E-state index contributed by atoms with van der Waals surface area (Å²) in [4.78, 5) is 18.9. The summed E-state index contributed by atoms with van der Waals surface area (Å²) in [5.74, 6) is -0.119. The molecule has 0 atom stereocenters. The van der Waals surface area contributed by atoms with Gasteiger partial charge >= 0.3 is 5.69 Å². The molecule has 0 saturated heterocycles. The number of nitro groups is 1. The maximum atomic E-state index is 11.6. The van der Waals surface area contributed by atoms with Gasteiger partial charge in [-0.3, -0.25) is 10.1 Å². The zero-order valence-electron chi connectivity index (χ0n) is 13.2. The fourth-order valence-corrected chi connectivity index (χ4v) is 2.98. The van der Waals surface area contributed by atoms with E-state index in [1.54, 1.807) is 30.3 Å². The van der Waals surface area contributed by atoms with Gasteiger partial charge in [0.25, 0.3) is 0 Å². The number of nitrogens with one attached hydrogen (secondary N) is 2. The Hall–Kier alpha value is -2.32. The van der Waals surface area contributed by atoms with Gasteiger partial charge < -0.3 is 10.6 Å². The highest BCUT2D eigenvalue weighted by atomic mass is 35.5. The van der Waals surface area contributed by atoms with Gasteiger partial charge in [0.1, 0.15) is 6.33 Å². The smallest absolute Gasteiger partial charge is 0.333 e. The minimum Gasteiger partial charge on any atom is -0.333 e.